The number of carbonyl (C=O) groups excluding carboxylic acids is 3. The number of halogens is 1. The third-order valence-electron chi connectivity index (χ3n) is 11.9. The maximum Gasteiger partial charge on any atom is 0.264 e. The number of fused-ring (bicyclic) bond motifs is 4. The molecule has 18 heteroatoms. The Labute approximate surface area is 405 Å². The highest BCUT2D eigenvalue weighted by molar-refractivity contribution is 9.10. The van der Waals surface area contributed by atoms with Gasteiger partial charge in [-0.2, -0.15) is 0 Å². The quantitative estimate of drug-likeness (QED) is 0.119. The van der Waals surface area contributed by atoms with Gasteiger partial charge in [-0.25, -0.2) is 26.3 Å². The molecule has 0 saturated heterocycles. The second-order valence-corrected chi connectivity index (χ2v) is 20.9. The monoisotopic (exact) mass is 1030 g/mol. The molecule has 2 atom stereocenters. The molecule has 2 aliphatic heterocycles. The van der Waals surface area contributed by atoms with Gasteiger partial charge in [0.25, 0.3) is 20.0 Å². The molecule has 0 bridgehead atoms. The normalized spacial score (nSPS) is 13.6. The van der Waals surface area contributed by atoms with Crippen molar-refractivity contribution in [2.45, 2.75) is 35.5 Å². The molecule has 2 aromatic heterocycles. The minimum atomic E-state index is -4.11. The summed E-state index contributed by atoms with van der Waals surface area (Å²) in [5.74, 6) is -1.13. The Hall–Kier alpha value is -7.41. The molecule has 2 unspecified atom stereocenters. The fourth-order valence-electron chi connectivity index (χ4n) is 8.42. The molecule has 2 N–H and O–H groups in total. The summed E-state index contributed by atoms with van der Waals surface area (Å²) in [5, 5.41) is 1.57. The van der Waals surface area contributed by atoms with Crippen LogP contribution in [0.3, 0.4) is 0 Å². The van der Waals surface area contributed by atoms with Crippen LogP contribution >= 0.6 is 15.9 Å². The van der Waals surface area contributed by atoms with E-state index in [1.165, 1.54) is 24.3 Å². The highest BCUT2D eigenvalue weighted by atomic mass is 79.9. The lowest BCUT2D eigenvalue weighted by Crippen LogP contribution is -2.35. The molecule has 0 spiro atoms. The Morgan fingerprint density at radius 3 is 1.43 bits per heavy atom. The maximum atomic E-state index is 13.6. The number of carbonyl (C=O) groups is 3. The van der Waals surface area contributed by atoms with Gasteiger partial charge in [0, 0.05) is 58.3 Å². The Morgan fingerprint density at radius 2 is 0.986 bits per heavy atom. The van der Waals surface area contributed by atoms with Crippen molar-refractivity contribution in [2.24, 2.45) is 14.1 Å². The van der Waals surface area contributed by atoms with E-state index < -0.39 is 43.7 Å². The number of sulfonamides is 2. The fourth-order valence-corrected chi connectivity index (χ4v) is 10.8. The molecule has 0 radical (unpaired) electrons. The summed E-state index contributed by atoms with van der Waals surface area (Å²) in [6, 6.07) is 33.8. The largest absolute Gasteiger partial charge is 0.454 e. The van der Waals surface area contributed by atoms with Crippen molar-refractivity contribution in [1.29, 1.82) is 0 Å². The zero-order valence-corrected chi connectivity index (χ0v) is 40.6. The van der Waals surface area contributed by atoms with E-state index in [1.54, 1.807) is 96.7 Å². The molecule has 8 aromatic rings. The molecule has 15 nitrogen and oxygen atoms in total. The van der Waals surface area contributed by atoms with Gasteiger partial charge in [-0.05, 0) is 103 Å². The Kier molecular flexibility index (Phi) is 12.6. The van der Waals surface area contributed by atoms with Crippen molar-refractivity contribution in [3.05, 3.63) is 177 Å². The molecule has 6 aromatic carbocycles. The minimum Gasteiger partial charge on any atom is -0.454 e. The summed E-state index contributed by atoms with van der Waals surface area (Å²) < 4.78 is 83.1. The van der Waals surface area contributed by atoms with Crippen LogP contribution in [-0.2, 0) is 43.7 Å². The van der Waals surface area contributed by atoms with E-state index in [-0.39, 0.29) is 23.4 Å². The van der Waals surface area contributed by atoms with Gasteiger partial charge in [0.1, 0.15) is 6.29 Å². The lowest BCUT2D eigenvalue weighted by atomic mass is 9.90. The molecule has 352 valence electrons. The molecule has 0 aliphatic carbocycles. The summed E-state index contributed by atoms with van der Waals surface area (Å²) in [4.78, 5) is 38.6. The summed E-state index contributed by atoms with van der Waals surface area (Å²) in [5.41, 5.74) is 6.37. The van der Waals surface area contributed by atoms with Crippen LogP contribution in [0.4, 0.5) is 0 Å². The second-order valence-electron chi connectivity index (χ2n) is 16.6. The number of nitrogens with zero attached hydrogens (tertiary/aromatic N) is 2. The third-order valence-corrected chi connectivity index (χ3v) is 15.1. The van der Waals surface area contributed by atoms with Crippen molar-refractivity contribution >= 4 is 75.9 Å². The number of amides is 2. The average molecular weight is 1030 g/mol. The number of aromatic nitrogens is 2. The molecular formula is C51H43BrN4O11S2. The van der Waals surface area contributed by atoms with Crippen molar-refractivity contribution in [3.8, 4) is 23.0 Å². The van der Waals surface area contributed by atoms with Crippen LogP contribution in [0.2, 0.25) is 0 Å². The molecule has 69 heavy (non-hydrogen) atoms. The molecule has 0 saturated carbocycles. The van der Waals surface area contributed by atoms with E-state index in [1.807, 2.05) is 49.9 Å². The van der Waals surface area contributed by atoms with Crippen LogP contribution in [0.25, 0.3) is 21.8 Å². The van der Waals surface area contributed by atoms with Gasteiger partial charge < -0.3 is 28.1 Å². The predicted octanol–water partition coefficient (Wildman–Crippen LogP) is 8.28. The number of hydrogen-bond acceptors (Lipinski definition) is 11. The molecule has 0 fully saturated rings. The highest BCUT2D eigenvalue weighted by Gasteiger charge is 2.33. The van der Waals surface area contributed by atoms with Gasteiger partial charge in [-0.15, -0.1) is 0 Å². The summed E-state index contributed by atoms with van der Waals surface area (Å²) >= 11 is 3.49. The fraction of sp³-hybridized carbons (Fsp3) is 0.157. The second kappa shape index (κ2) is 18.6. The SMILES string of the molecule is Cc1ccc(S(=O)(=O)NC(=O)C(c2ccc3c(c2)OCO3)c2cn(C)c3cc(Br)ccc23)cc1.Cc1ccc(S(=O)(=O)NC(=O)C(c2ccc3c(c2)OCO3)c2cn(C)c3cc(C=O)ccc23)cc1. The van der Waals surface area contributed by atoms with Crippen LogP contribution in [-0.4, -0.2) is 57.7 Å². The van der Waals surface area contributed by atoms with Gasteiger partial charge >= 0.3 is 0 Å². The van der Waals surface area contributed by atoms with Crippen molar-refractivity contribution in [1.82, 2.24) is 18.6 Å². The molecular weight excluding hydrogens is 989 g/mol. The number of aldehydes is 1. The zero-order chi connectivity index (χ0) is 48.8. The summed E-state index contributed by atoms with van der Waals surface area (Å²) in [6.45, 7) is 3.88. The Morgan fingerprint density at radius 1 is 0.565 bits per heavy atom. The first-order chi connectivity index (χ1) is 33.0. The first-order valence-electron chi connectivity index (χ1n) is 21.3. The van der Waals surface area contributed by atoms with Crippen LogP contribution < -0.4 is 28.4 Å². The summed E-state index contributed by atoms with van der Waals surface area (Å²) in [6.07, 6.45) is 4.37. The van der Waals surface area contributed by atoms with E-state index in [2.05, 4.69) is 25.4 Å². The number of nitrogens with one attached hydrogen (secondary N) is 2. The van der Waals surface area contributed by atoms with E-state index in [9.17, 15) is 31.2 Å². The van der Waals surface area contributed by atoms with Crippen LogP contribution in [0.5, 0.6) is 23.0 Å². The van der Waals surface area contributed by atoms with E-state index in [0.29, 0.717) is 50.8 Å². The zero-order valence-electron chi connectivity index (χ0n) is 37.4. The maximum absolute atomic E-state index is 13.6. The standard InChI is InChI=1S/C26H22N2O6S.C25H21BrN2O5S/c1-16-3-7-19(8-4-16)35(31,32)27-26(30)25(18-6-10-23-24(12-18)34-15-33-23)21-13-28(2)22-11-17(14-29)5-9-20(21)22;1-15-3-7-18(8-4-15)34(30,31)27-25(29)24(16-5-10-22-23(11-16)33-14-32-22)20-13-28(2)21-12-17(26)6-9-19(20)21/h3-14,25H,15H2,1-2H3,(H,27,30);3-13,24H,14H2,1-2H3,(H,27,29). The van der Waals surface area contributed by atoms with Crippen molar-refractivity contribution in [2.75, 3.05) is 13.6 Å². The van der Waals surface area contributed by atoms with E-state index in [0.717, 1.165) is 43.7 Å². The smallest absolute Gasteiger partial charge is 0.264 e. The molecule has 2 amide bonds. The predicted molar refractivity (Wildman–Crippen MR) is 261 cm³/mol. The number of ether oxygens (including phenoxy) is 4. The number of rotatable bonds is 11. The van der Waals surface area contributed by atoms with Crippen molar-refractivity contribution in [3.63, 3.8) is 0 Å². The van der Waals surface area contributed by atoms with Crippen molar-refractivity contribution < 1.29 is 50.2 Å². The third kappa shape index (κ3) is 9.42. The van der Waals surface area contributed by atoms with Gasteiger partial charge in [-0.1, -0.05) is 81.7 Å². The van der Waals surface area contributed by atoms with Gasteiger partial charge in [0.2, 0.25) is 25.4 Å². The van der Waals surface area contributed by atoms with Gasteiger partial charge in [0.15, 0.2) is 23.0 Å². The Bertz CT molecular complexity index is 3570. The number of hydrogen-bond donors (Lipinski definition) is 2. The van der Waals surface area contributed by atoms with Crippen LogP contribution in [0.15, 0.2) is 148 Å². The Balaban J connectivity index is 0.000000172. The number of aryl methyl sites for hydroxylation is 4. The van der Waals surface area contributed by atoms with E-state index >= 15 is 0 Å². The first-order valence-corrected chi connectivity index (χ1v) is 25.1. The molecule has 4 heterocycles. The molecule has 2 aliphatic rings. The van der Waals surface area contributed by atoms with Gasteiger partial charge in [-0.3, -0.25) is 14.4 Å². The van der Waals surface area contributed by atoms with Crippen LogP contribution in [0.1, 0.15) is 55.6 Å². The highest BCUT2D eigenvalue weighted by Crippen LogP contribution is 2.41. The van der Waals surface area contributed by atoms with Crippen LogP contribution in [0, 0.1) is 13.8 Å². The first kappa shape index (κ1) is 46.7. The van der Waals surface area contributed by atoms with E-state index in [4.69, 9.17) is 18.9 Å². The summed E-state index contributed by atoms with van der Waals surface area (Å²) in [7, 11) is -4.50. The average Bonchev–Trinajstić information content (AvgIpc) is 4.13. The lowest BCUT2D eigenvalue weighted by Gasteiger charge is -2.18. The molecule has 10 rings (SSSR count). The topological polar surface area (TPSA) is 190 Å². The minimum absolute atomic E-state index is 0.00516. The van der Waals surface area contributed by atoms with Gasteiger partial charge in [0.05, 0.1) is 21.6 Å². The number of benzene rings is 6. The lowest BCUT2D eigenvalue weighted by molar-refractivity contribution is -0.120.